The number of benzene rings is 3. The van der Waals surface area contributed by atoms with Crippen LogP contribution in [0.1, 0.15) is 24.0 Å². The molecule has 33 heavy (non-hydrogen) atoms. The van der Waals surface area contributed by atoms with Crippen LogP contribution in [-0.4, -0.2) is 39.4 Å². The highest BCUT2D eigenvalue weighted by molar-refractivity contribution is 5.85. The average Bonchev–Trinajstić information content (AvgIpc) is 3.30. The molecule has 0 bridgehead atoms. The summed E-state index contributed by atoms with van der Waals surface area (Å²) < 4.78 is 6.11. The molecule has 1 unspecified atom stereocenters. The van der Waals surface area contributed by atoms with Gasteiger partial charge in [-0.1, -0.05) is 54.6 Å². The third kappa shape index (κ3) is 5.17. The summed E-state index contributed by atoms with van der Waals surface area (Å²) in [5, 5.41) is 18.6. The van der Waals surface area contributed by atoms with Gasteiger partial charge >= 0.3 is 0 Å². The van der Waals surface area contributed by atoms with Gasteiger partial charge in [-0.3, -0.25) is 4.90 Å². The number of piperidine rings is 1. The van der Waals surface area contributed by atoms with Crippen molar-refractivity contribution in [2.75, 3.05) is 13.1 Å². The van der Waals surface area contributed by atoms with E-state index in [1.165, 1.54) is 11.1 Å². The van der Waals surface area contributed by atoms with E-state index in [0.29, 0.717) is 11.8 Å². The molecule has 1 atom stereocenters. The molecule has 1 saturated heterocycles. The molecule has 0 radical (unpaired) electrons. The molecular formula is C27H28ClN3O2. The SMILES string of the molecule is Cc1c(-c2ccccc2)cccc1-c1nnc(-c2cccc(CN3CCCC(O)C3)c2)o1.Cl. The largest absolute Gasteiger partial charge is 0.416 e. The Morgan fingerprint density at radius 2 is 1.64 bits per heavy atom. The van der Waals surface area contributed by atoms with Crippen LogP contribution in [0.5, 0.6) is 0 Å². The lowest BCUT2D eigenvalue weighted by molar-refractivity contribution is 0.0668. The zero-order valence-corrected chi connectivity index (χ0v) is 19.5. The lowest BCUT2D eigenvalue weighted by atomic mass is 9.96. The minimum atomic E-state index is -0.222. The quantitative estimate of drug-likeness (QED) is 0.409. The Morgan fingerprint density at radius 3 is 2.45 bits per heavy atom. The second-order valence-corrected chi connectivity index (χ2v) is 8.49. The molecule has 5 nitrogen and oxygen atoms in total. The van der Waals surface area contributed by atoms with Gasteiger partial charge in [-0.25, -0.2) is 0 Å². The summed E-state index contributed by atoms with van der Waals surface area (Å²) in [5.41, 5.74) is 6.49. The van der Waals surface area contributed by atoms with Crippen LogP contribution in [0.3, 0.4) is 0 Å². The number of nitrogens with zero attached hydrogens (tertiary/aromatic N) is 3. The normalized spacial score (nSPS) is 16.4. The van der Waals surface area contributed by atoms with Crippen molar-refractivity contribution in [3.8, 4) is 34.0 Å². The number of hydrogen-bond acceptors (Lipinski definition) is 5. The Kier molecular flexibility index (Phi) is 7.23. The Hall–Kier alpha value is -2.99. The third-order valence-electron chi connectivity index (χ3n) is 6.13. The van der Waals surface area contributed by atoms with E-state index in [9.17, 15) is 5.11 Å². The van der Waals surface area contributed by atoms with E-state index in [-0.39, 0.29) is 18.5 Å². The van der Waals surface area contributed by atoms with E-state index in [1.807, 2.05) is 42.5 Å². The van der Waals surface area contributed by atoms with Crippen molar-refractivity contribution >= 4 is 12.4 Å². The van der Waals surface area contributed by atoms with E-state index in [1.54, 1.807) is 0 Å². The van der Waals surface area contributed by atoms with Gasteiger partial charge in [0.2, 0.25) is 11.8 Å². The van der Waals surface area contributed by atoms with Crippen molar-refractivity contribution in [1.82, 2.24) is 15.1 Å². The smallest absolute Gasteiger partial charge is 0.248 e. The summed E-state index contributed by atoms with van der Waals surface area (Å²) in [4.78, 5) is 2.30. The van der Waals surface area contributed by atoms with Gasteiger partial charge in [0, 0.05) is 24.2 Å². The number of aliphatic hydroxyl groups is 1. The predicted octanol–water partition coefficient (Wildman–Crippen LogP) is 5.76. The number of hydrogen-bond donors (Lipinski definition) is 1. The molecule has 0 aliphatic carbocycles. The van der Waals surface area contributed by atoms with E-state index in [2.05, 4.69) is 52.4 Å². The van der Waals surface area contributed by atoms with Crippen LogP contribution in [0.2, 0.25) is 0 Å². The number of aliphatic hydroxyl groups excluding tert-OH is 1. The van der Waals surface area contributed by atoms with Crippen molar-refractivity contribution in [3.05, 3.63) is 83.9 Å². The molecule has 1 fully saturated rings. The van der Waals surface area contributed by atoms with Crippen LogP contribution >= 0.6 is 12.4 Å². The highest BCUT2D eigenvalue weighted by Gasteiger charge is 2.19. The van der Waals surface area contributed by atoms with E-state index >= 15 is 0 Å². The van der Waals surface area contributed by atoms with Gasteiger partial charge in [0.15, 0.2) is 0 Å². The van der Waals surface area contributed by atoms with Crippen LogP contribution in [0.4, 0.5) is 0 Å². The van der Waals surface area contributed by atoms with E-state index in [4.69, 9.17) is 4.42 Å². The van der Waals surface area contributed by atoms with Crippen LogP contribution in [0, 0.1) is 6.92 Å². The third-order valence-corrected chi connectivity index (χ3v) is 6.13. The van der Waals surface area contributed by atoms with Crippen molar-refractivity contribution in [3.63, 3.8) is 0 Å². The Morgan fingerprint density at radius 1 is 0.909 bits per heavy atom. The van der Waals surface area contributed by atoms with Crippen molar-refractivity contribution < 1.29 is 9.52 Å². The monoisotopic (exact) mass is 461 g/mol. The first-order valence-corrected chi connectivity index (χ1v) is 11.2. The second-order valence-electron chi connectivity index (χ2n) is 8.49. The lowest BCUT2D eigenvalue weighted by Gasteiger charge is -2.30. The minimum absolute atomic E-state index is 0. The fourth-order valence-electron chi connectivity index (χ4n) is 4.48. The maximum atomic E-state index is 9.94. The first-order valence-electron chi connectivity index (χ1n) is 11.2. The van der Waals surface area contributed by atoms with Gasteiger partial charge in [-0.15, -0.1) is 22.6 Å². The number of halogens is 1. The molecule has 1 N–H and O–H groups in total. The summed E-state index contributed by atoms with van der Waals surface area (Å²) in [6.07, 6.45) is 1.71. The van der Waals surface area contributed by atoms with Crippen LogP contribution < -0.4 is 0 Å². The molecule has 3 aromatic carbocycles. The summed E-state index contributed by atoms with van der Waals surface area (Å²) in [6.45, 7) is 4.65. The number of β-amino-alcohol motifs (C(OH)–C–C–N with tert-alkyl or cyclic N) is 1. The lowest BCUT2D eigenvalue weighted by Crippen LogP contribution is -2.37. The zero-order chi connectivity index (χ0) is 21.9. The average molecular weight is 462 g/mol. The highest BCUT2D eigenvalue weighted by atomic mass is 35.5. The first kappa shape index (κ1) is 23.2. The van der Waals surface area contributed by atoms with Crippen molar-refractivity contribution in [2.24, 2.45) is 0 Å². The molecule has 5 rings (SSSR count). The maximum absolute atomic E-state index is 9.94. The molecule has 2 heterocycles. The Balaban J connectivity index is 0.00000259. The fraction of sp³-hybridized carbons (Fsp3) is 0.259. The summed E-state index contributed by atoms with van der Waals surface area (Å²) in [7, 11) is 0. The minimum Gasteiger partial charge on any atom is -0.416 e. The summed E-state index contributed by atoms with van der Waals surface area (Å²) >= 11 is 0. The van der Waals surface area contributed by atoms with Crippen LogP contribution in [0.15, 0.2) is 77.2 Å². The molecular weight excluding hydrogens is 434 g/mol. The molecule has 6 heteroatoms. The molecule has 1 aliphatic heterocycles. The van der Waals surface area contributed by atoms with Gasteiger partial charge in [-0.2, -0.15) is 0 Å². The second kappa shape index (κ2) is 10.3. The number of rotatable bonds is 5. The van der Waals surface area contributed by atoms with E-state index < -0.39 is 0 Å². The van der Waals surface area contributed by atoms with Crippen LogP contribution in [-0.2, 0) is 6.54 Å². The molecule has 170 valence electrons. The van der Waals surface area contributed by atoms with Crippen molar-refractivity contribution in [2.45, 2.75) is 32.4 Å². The standard InChI is InChI=1S/C27H27N3O2.ClH/c1-19-24(21-9-3-2-4-10-21)13-6-14-25(19)27-29-28-26(32-27)22-11-5-8-20(16-22)17-30-15-7-12-23(31)18-30;/h2-6,8-11,13-14,16,23,31H,7,12,15,17-18H2,1H3;1H. The maximum Gasteiger partial charge on any atom is 0.248 e. The predicted molar refractivity (Wildman–Crippen MR) is 133 cm³/mol. The molecule has 0 amide bonds. The number of likely N-dealkylation sites (tertiary alicyclic amines) is 1. The number of aromatic nitrogens is 2. The fourth-order valence-corrected chi connectivity index (χ4v) is 4.48. The van der Waals surface area contributed by atoms with Gasteiger partial charge < -0.3 is 9.52 Å². The first-order chi connectivity index (χ1) is 15.7. The zero-order valence-electron chi connectivity index (χ0n) is 18.6. The molecule has 1 aromatic heterocycles. The van der Waals surface area contributed by atoms with Crippen LogP contribution in [0.25, 0.3) is 34.0 Å². The molecule has 0 saturated carbocycles. The van der Waals surface area contributed by atoms with Gasteiger partial charge in [0.1, 0.15) is 0 Å². The van der Waals surface area contributed by atoms with Gasteiger partial charge in [0.05, 0.1) is 6.10 Å². The topological polar surface area (TPSA) is 62.4 Å². The molecule has 4 aromatic rings. The van der Waals surface area contributed by atoms with E-state index in [0.717, 1.165) is 54.7 Å². The highest BCUT2D eigenvalue weighted by Crippen LogP contribution is 2.32. The summed E-state index contributed by atoms with van der Waals surface area (Å²) in [5.74, 6) is 1.05. The molecule has 1 aliphatic rings. The Labute approximate surface area is 200 Å². The van der Waals surface area contributed by atoms with Crippen molar-refractivity contribution in [1.29, 1.82) is 0 Å². The Bertz CT molecular complexity index is 1210. The van der Waals surface area contributed by atoms with Gasteiger partial charge in [0.25, 0.3) is 0 Å². The summed E-state index contributed by atoms with van der Waals surface area (Å²) in [6, 6.07) is 24.7. The van der Waals surface area contributed by atoms with Gasteiger partial charge in [-0.05, 0) is 66.8 Å². The molecule has 0 spiro atoms.